The van der Waals surface area contributed by atoms with Crippen LogP contribution in [0.25, 0.3) is 5.48 Å². The summed E-state index contributed by atoms with van der Waals surface area (Å²) < 4.78 is 0. The molecule has 0 saturated heterocycles. The Labute approximate surface area is 80.1 Å². The zero-order chi connectivity index (χ0) is 3.41. The molecule has 2 N–H and O–H groups in total. The SMILES string of the molecule is C[N-]OC.O.[K+]. The van der Waals surface area contributed by atoms with Crippen LogP contribution in [0.2, 0.25) is 0 Å². The van der Waals surface area contributed by atoms with Gasteiger partial charge in [0.05, 0.1) is 0 Å². The number of rotatable bonds is 1. The van der Waals surface area contributed by atoms with Crippen LogP contribution in [0.4, 0.5) is 0 Å². The van der Waals surface area contributed by atoms with Crippen molar-refractivity contribution in [3.8, 4) is 0 Å². The van der Waals surface area contributed by atoms with E-state index in [1.54, 1.807) is 7.05 Å². The van der Waals surface area contributed by atoms with Crippen LogP contribution in [-0.2, 0) is 4.84 Å². The summed E-state index contributed by atoms with van der Waals surface area (Å²) in [6.45, 7) is 0. The molecule has 0 aromatic heterocycles. The monoisotopic (exact) mass is 117 g/mol. The maximum Gasteiger partial charge on any atom is 1.00 e. The summed E-state index contributed by atoms with van der Waals surface area (Å²) in [5.74, 6) is 0. The first kappa shape index (κ1) is 15.6. The fourth-order valence-corrected chi connectivity index (χ4v) is 0. The van der Waals surface area contributed by atoms with Gasteiger partial charge >= 0.3 is 51.4 Å². The molecule has 0 unspecified atom stereocenters. The van der Waals surface area contributed by atoms with Crippen molar-refractivity contribution in [1.29, 1.82) is 0 Å². The predicted octanol–water partition coefficient (Wildman–Crippen LogP) is -3.27. The molecule has 0 amide bonds. The van der Waals surface area contributed by atoms with E-state index < -0.39 is 0 Å². The molecule has 3 nitrogen and oxygen atoms in total. The van der Waals surface area contributed by atoms with E-state index in [0.29, 0.717) is 0 Å². The standard InChI is InChI=1S/C2H6NO.K.H2O/c1-3-4-2;;/h1-2H3;;1H2/q-1;+1;. The van der Waals surface area contributed by atoms with Crippen LogP contribution in [0.5, 0.6) is 0 Å². The second-order valence-corrected chi connectivity index (χ2v) is 0.365. The number of hydrogen-bond acceptors (Lipinski definition) is 1. The van der Waals surface area contributed by atoms with E-state index in [2.05, 4.69) is 10.3 Å². The largest absolute Gasteiger partial charge is 1.00 e. The van der Waals surface area contributed by atoms with Crippen LogP contribution in [0, 0.1) is 0 Å². The maximum atomic E-state index is 4.17. The van der Waals surface area contributed by atoms with Crippen LogP contribution >= 0.6 is 0 Å². The van der Waals surface area contributed by atoms with Gasteiger partial charge < -0.3 is 15.8 Å². The molecule has 0 aliphatic rings. The molecule has 0 aliphatic heterocycles. The summed E-state index contributed by atoms with van der Waals surface area (Å²) in [7, 11) is 3.10. The molecule has 0 rings (SSSR count). The molecule has 0 bridgehead atoms. The van der Waals surface area contributed by atoms with E-state index in [9.17, 15) is 0 Å². The second kappa shape index (κ2) is 16.0. The molecule has 0 fully saturated rings. The zero-order valence-corrected chi connectivity index (χ0v) is 7.48. The van der Waals surface area contributed by atoms with Crippen LogP contribution in [-0.4, -0.2) is 19.6 Å². The molecular weight excluding hydrogens is 109 g/mol. The normalized spacial score (nSPS) is 5.00. The second-order valence-electron chi connectivity index (χ2n) is 0.365. The van der Waals surface area contributed by atoms with Crippen LogP contribution in [0.15, 0.2) is 0 Å². The molecule has 0 heterocycles. The topological polar surface area (TPSA) is 54.8 Å². The maximum absolute atomic E-state index is 4.17. The summed E-state index contributed by atoms with van der Waals surface area (Å²) in [6.07, 6.45) is 0. The number of hydroxylamine groups is 1. The molecule has 0 spiro atoms. The quantitative estimate of drug-likeness (QED) is 0.262. The fraction of sp³-hybridized carbons (Fsp3) is 1.00. The van der Waals surface area contributed by atoms with Crippen molar-refractivity contribution in [2.24, 2.45) is 0 Å². The van der Waals surface area contributed by atoms with E-state index in [4.69, 9.17) is 0 Å². The molecular formula is C2H8KNO2. The van der Waals surface area contributed by atoms with Gasteiger partial charge in [-0.25, -0.2) is 0 Å². The third-order valence-corrected chi connectivity index (χ3v) is 0.183. The zero-order valence-electron chi connectivity index (χ0n) is 4.36. The summed E-state index contributed by atoms with van der Waals surface area (Å²) in [5.41, 5.74) is 3.24. The fourth-order valence-electron chi connectivity index (χ4n) is 0. The summed E-state index contributed by atoms with van der Waals surface area (Å²) in [5, 5.41) is 0. The van der Waals surface area contributed by atoms with Gasteiger partial charge in [-0.05, 0) is 0 Å². The Bertz CT molecular complexity index is 13.5. The van der Waals surface area contributed by atoms with Crippen molar-refractivity contribution >= 4 is 0 Å². The first-order chi connectivity index (χ1) is 1.91. The third kappa shape index (κ3) is 17.8. The van der Waals surface area contributed by atoms with Gasteiger partial charge in [0.1, 0.15) is 0 Å². The predicted molar refractivity (Wildman–Crippen MR) is 19.9 cm³/mol. The van der Waals surface area contributed by atoms with E-state index in [1.165, 1.54) is 7.11 Å². The molecule has 0 aromatic carbocycles. The molecule has 0 saturated carbocycles. The van der Waals surface area contributed by atoms with E-state index >= 15 is 0 Å². The average Bonchev–Trinajstić information content (AvgIpc) is 1.37. The van der Waals surface area contributed by atoms with Crippen molar-refractivity contribution in [3.05, 3.63) is 5.48 Å². The Hall–Kier alpha value is 1.52. The number of hydrogen-bond donors (Lipinski definition) is 0. The first-order valence-corrected chi connectivity index (χ1v) is 1.04. The van der Waals surface area contributed by atoms with Gasteiger partial charge in [0.2, 0.25) is 0 Å². The van der Waals surface area contributed by atoms with Gasteiger partial charge in [-0.1, -0.05) is 0 Å². The van der Waals surface area contributed by atoms with Crippen molar-refractivity contribution in [3.63, 3.8) is 0 Å². The van der Waals surface area contributed by atoms with Crippen LogP contribution < -0.4 is 51.4 Å². The van der Waals surface area contributed by atoms with Crippen molar-refractivity contribution in [2.45, 2.75) is 0 Å². The van der Waals surface area contributed by atoms with Crippen molar-refractivity contribution < 1.29 is 61.7 Å². The average molecular weight is 117 g/mol. The Balaban J connectivity index is -0.0000000450. The molecule has 0 atom stereocenters. The van der Waals surface area contributed by atoms with E-state index in [0.717, 1.165) is 0 Å². The molecule has 34 valence electrons. The molecule has 0 aliphatic carbocycles. The van der Waals surface area contributed by atoms with E-state index in [1.807, 2.05) is 0 Å². The van der Waals surface area contributed by atoms with Gasteiger partial charge in [0.15, 0.2) is 0 Å². The Kier molecular flexibility index (Phi) is 41.8. The van der Waals surface area contributed by atoms with Gasteiger partial charge in [-0.3, -0.25) is 0 Å². The van der Waals surface area contributed by atoms with Gasteiger partial charge in [-0.2, -0.15) is 0 Å². The van der Waals surface area contributed by atoms with Crippen LogP contribution in [0.3, 0.4) is 0 Å². The molecule has 0 aromatic rings. The van der Waals surface area contributed by atoms with Gasteiger partial charge in [-0.15, -0.1) is 7.05 Å². The van der Waals surface area contributed by atoms with Crippen molar-refractivity contribution in [2.75, 3.05) is 14.2 Å². The molecule has 6 heavy (non-hydrogen) atoms. The van der Waals surface area contributed by atoms with Crippen LogP contribution in [0.1, 0.15) is 0 Å². The summed E-state index contributed by atoms with van der Waals surface area (Å²) in [6, 6.07) is 0. The molecule has 4 heteroatoms. The Morgan fingerprint density at radius 2 is 1.67 bits per heavy atom. The Morgan fingerprint density at radius 1 is 1.50 bits per heavy atom. The van der Waals surface area contributed by atoms with E-state index in [-0.39, 0.29) is 56.9 Å². The third-order valence-electron chi connectivity index (χ3n) is 0.183. The van der Waals surface area contributed by atoms with Gasteiger partial charge in [0.25, 0.3) is 0 Å². The first-order valence-electron chi connectivity index (χ1n) is 1.04. The van der Waals surface area contributed by atoms with Crippen molar-refractivity contribution in [1.82, 2.24) is 0 Å². The Morgan fingerprint density at radius 3 is 1.67 bits per heavy atom. The summed E-state index contributed by atoms with van der Waals surface area (Å²) in [4.78, 5) is 4.17. The number of nitrogens with zero attached hydrogens (tertiary/aromatic N) is 1. The minimum Gasteiger partial charge on any atom is -0.537 e. The van der Waals surface area contributed by atoms with Gasteiger partial charge in [0, 0.05) is 7.11 Å². The molecule has 0 radical (unpaired) electrons. The summed E-state index contributed by atoms with van der Waals surface area (Å²) >= 11 is 0. The minimum atomic E-state index is 0. The minimum absolute atomic E-state index is 0. The smallest absolute Gasteiger partial charge is 0.537 e.